The van der Waals surface area contributed by atoms with Gasteiger partial charge in [-0.2, -0.15) is 0 Å². The number of alkyl halides is 3. The van der Waals surface area contributed by atoms with Crippen molar-refractivity contribution in [3.05, 3.63) is 35.9 Å². The van der Waals surface area contributed by atoms with Gasteiger partial charge in [0.25, 0.3) is 0 Å². The number of hydrogen-bond acceptors (Lipinski definition) is 1. The molecular formula is C11H11BrCl2O. The summed E-state index contributed by atoms with van der Waals surface area (Å²) in [6.45, 7) is 1.80. The van der Waals surface area contributed by atoms with Gasteiger partial charge in [-0.25, -0.2) is 0 Å². The number of Topliss-reactive ketones (excluding diaryl/α,β-unsaturated/α-hetero) is 1. The van der Waals surface area contributed by atoms with E-state index in [-0.39, 0.29) is 11.2 Å². The van der Waals surface area contributed by atoms with Crippen molar-refractivity contribution >= 4 is 44.9 Å². The fourth-order valence-corrected chi connectivity index (χ4v) is 2.80. The van der Waals surface area contributed by atoms with Crippen molar-refractivity contribution in [3.63, 3.8) is 0 Å². The summed E-state index contributed by atoms with van der Waals surface area (Å²) >= 11 is 15.1. The smallest absolute Gasteiger partial charge is 0.194 e. The average Bonchev–Trinajstić information content (AvgIpc) is 2.16. The van der Waals surface area contributed by atoms with E-state index in [1.54, 1.807) is 31.2 Å². The lowest BCUT2D eigenvalue weighted by atomic mass is 10.1. The zero-order valence-electron chi connectivity index (χ0n) is 8.21. The maximum atomic E-state index is 12.0. The summed E-state index contributed by atoms with van der Waals surface area (Å²) in [6, 6.07) is 8.93. The monoisotopic (exact) mass is 308 g/mol. The Hall–Kier alpha value is -0.0500. The van der Waals surface area contributed by atoms with Gasteiger partial charge < -0.3 is 0 Å². The molecule has 1 nitrogen and oxygen atoms in total. The zero-order chi connectivity index (χ0) is 11.5. The quantitative estimate of drug-likeness (QED) is 0.601. The van der Waals surface area contributed by atoms with Gasteiger partial charge in [0.05, 0.1) is 0 Å². The van der Waals surface area contributed by atoms with Crippen LogP contribution < -0.4 is 0 Å². The van der Waals surface area contributed by atoms with Gasteiger partial charge >= 0.3 is 0 Å². The van der Waals surface area contributed by atoms with Crippen LogP contribution in [0.4, 0.5) is 0 Å². The van der Waals surface area contributed by atoms with Crippen LogP contribution in [0.25, 0.3) is 0 Å². The number of rotatable bonds is 4. The first kappa shape index (κ1) is 13.0. The maximum absolute atomic E-state index is 12.0. The number of carbonyl (C=O) groups is 1. The Morgan fingerprint density at radius 2 is 2.00 bits per heavy atom. The highest BCUT2D eigenvalue weighted by molar-refractivity contribution is 9.10. The minimum atomic E-state index is -1.10. The maximum Gasteiger partial charge on any atom is 0.194 e. The summed E-state index contributed by atoms with van der Waals surface area (Å²) in [7, 11) is 0. The van der Waals surface area contributed by atoms with Crippen LogP contribution in [0.1, 0.15) is 23.7 Å². The Morgan fingerprint density at radius 1 is 1.47 bits per heavy atom. The topological polar surface area (TPSA) is 17.1 Å². The lowest BCUT2D eigenvalue weighted by molar-refractivity contribution is 0.0974. The second kappa shape index (κ2) is 5.33. The van der Waals surface area contributed by atoms with Crippen LogP contribution in [-0.2, 0) is 0 Å². The summed E-state index contributed by atoms with van der Waals surface area (Å²) in [5.74, 6) is -0.155. The Morgan fingerprint density at radius 3 is 2.47 bits per heavy atom. The van der Waals surface area contributed by atoms with E-state index in [2.05, 4.69) is 15.9 Å². The van der Waals surface area contributed by atoms with Gasteiger partial charge in [-0.05, 0) is 13.3 Å². The summed E-state index contributed by atoms with van der Waals surface area (Å²) in [5, 5.41) is -0.158. The van der Waals surface area contributed by atoms with Crippen LogP contribution in [0.3, 0.4) is 0 Å². The van der Waals surface area contributed by atoms with Crippen LogP contribution in [0.2, 0.25) is 0 Å². The lowest BCUT2D eigenvalue weighted by Gasteiger charge is -2.19. The second-order valence-electron chi connectivity index (χ2n) is 3.38. The molecule has 0 amide bonds. The van der Waals surface area contributed by atoms with E-state index < -0.39 is 3.78 Å². The third kappa shape index (κ3) is 3.78. The second-order valence-corrected chi connectivity index (χ2v) is 6.59. The molecule has 0 heterocycles. The van der Waals surface area contributed by atoms with E-state index in [4.69, 9.17) is 23.2 Å². The van der Waals surface area contributed by atoms with Gasteiger partial charge in [-0.3, -0.25) is 4.79 Å². The third-order valence-electron chi connectivity index (χ3n) is 1.91. The zero-order valence-corrected chi connectivity index (χ0v) is 11.3. The molecule has 0 spiro atoms. The standard InChI is InChI=1S/C11H11BrCl2O/c1-8(13)7-11(12,14)10(15)9-5-3-2-4-6-9/h2-6,8H,7H2,1H3. The van der Waals surface area contributed by atoms with Crippen molar-refractivity contribution in [2.24, 2.45) is 0 Å². The summed E-state index contributed by atoms with van der Waals surface area (Å²) < 4.78 is -1.10. The molecule has 0 saturated carbocycles. The first-order valence-electron chi connectivity index (χ1n) is 4.55. The van der Waals surface area contributed by atoms with Crippen LogP contribution in [0.15, 0.2) is 30.3 Å². The minimum absolute atomic E-state index is 0.155. The predicted molar refractivity (Wildman–Crippen MR) is 68.2 cm³/mol. The van der Waals surface area contributed by atoms with Crippen molar-refractivity contribution in [2.75, 3.05) is 0 Å². The van der Waals surface area contributed by atoms with E-state index in [9.17, 15) is 4.79 Å². The first-order valence-corrected chi connectivity index (χ1v) is 6.16. The molecule has 82 valence electrons. The van der Waals surface area contributed by atoms with Gasteiger partial charge in [-0.1, -0.05) is 57.9 Å². The van der Waals surface area contributed by atoms with Crippen molar-refractivity contribution in [2.45, 2.75) is 22.5 Å². The van der Waals surface area contributed by atoms with E-state index >= 15 is 0 Å². The Labute approximate surface area is 108 Å². The molecule has 0 radical (unpaired) electrons. The number of halogens is 3. The van der Waals surface area contributed by atoms with Crippen LogP contribution in [0, 0.1) is 0 Å². The highest BCUT2D eigenvalue weighted by atomic mass is 79.9. The molecule has 0 aliphatic carbocycles. The summed E-state index contributed by atoms with van der Waals surface area (Å²) in [6.07, 6.45) is 0.379. The van der Waals surface area contributed by atoms with Gasteiger partial charge in [0.15, 0.2) is 9.57 Å². The fraction of sp³-hybridized carbons (Fsp3) is 0.364. The summed E-state index contributed by atoms with van der Waals surface area (Å²) in [5.41, 5.74) is 0.585. The molecule has 1 aromatic rings. The Balaban J connectivity index is 2.85. The first-order chi connectivity index (χ1) is 6.93. The van der Waals surface area contributed by atoms with Crippen molar-refractivity contribution in [1.82, 2.24) is 0 Å². The molecule has 2 unspecified atom stereocenters. The molecule has 15 heavy (non-hydrogen) atoms. The molecule has 0 aromatic heterocycles. The van der Waals surface area contributed by atoms with Crippen LogP contribution in [-0.4, -0.2) is 14.9 Å². The Kier molecular flexibility index (Phi) is 4.63. The van der Waals surface area contributed by atoms with Crippen molar-refractivity contribution in [3.8, 4) is 0 Å². The van der Waals surface area contributed by atoms with Gasteiger partial charge in [0, 0.05) is 10.9 Å². The molecule has 0 saturated heterocycles. The minimum Gasteiger partial charge on any atom is -0.291 e. The molecule has 2 atom stereocenters. The molecule has 0 fully saturated rings. The molecule has 4 heteroatoms. The molecule has 0 aliphatic heterocycles. The Bertz CT molecular complexity index is 336. The van der Waals surface area contributed by atoms with Crippen molar-refractivity contribution < 1.29 is 4.79 Å². The van der Waals surface area contributed by atoms with Crippen molar-refractivity contribution in [1.29, 1.82) is 0 Å². The SMILES string of the molecule is CC(Cl)CC(Cl)(Br)C(=O)c1ccccc1. The molecule has 0 aliphatic rings. The van der Waals surface area contributed by atoms with Gasteiger partial charge in [0.1, 0.15) is 0 Å². The van der Waals surface area contributed by atoms with E-state index in [1.807, 2.05) is 6.07 Å². The molecule has 0 N–H and O–H groups in total. The van der Waals surface area contributed by atoms with E-state index in [0.717, 1.165) is 0 Å². The number of ketones is 1. The molecule has 1 aromatic carbocycles. The lowest BCUT2D eigenvalue weighted by Crippen LogP contribution is -2.28. The number of carbonyl (C=O) groups excluding carboxylic acids is 1. The largest absolute Gasteiger partial charge is 0.291 e. The molecule has 0 bridgehead atoms. The predicted octanol–water partition coefficient (Wildman–Crippen LogP) is 4.22. The third-order valence-corrected chi connectivity index (χ3v) is 3.07. The van der Waals surface area contributed by atoms with Gasteiger partial charge in [-0.15, -0.1) is 11.6 Å². The highest BCUT2D eigenvalue weighted by Crippen LogP contribution is 2.34. The van der Waals surface area contributed by atoms with E-state index in [0.29, 0.717) is 12.0 Å². The average molecular weight is 310 g/mol. The highest BCUT2D eigenvalue weighted by Gasteiger charge is 2.34. The number of benzene rings is 1. The summed E-state index contributed by atoms with van der Waals surface area (Å²) in [4.78, 5) is 12.0. The van der Waals surface area contributed by atoms with Crippen LogP contribution >= 0.6 is 39.1 Å². The fourth-order valence-electron chi connectivity index (χ4n) is 1.25. The number of hydrogen-bond donors (Lipinski definition) is 0. The molecule has 1 rings (SSSR count). The van der Waals surface area contributed by atoms with Crippen LogP contribution in [0.5, 0.6) is 0 Å². The van der Waals surface area contributed by atoms with Gasteiger partial charge in [0.2, 0.25) is 0 Å². The normalized spacial score (nSPS) is 16.8. The van der Waals surface area contributed by atoms with E-state index in [1.165, 1.54) is 0 Å². The molecular weight excluding hydrogens is 299 g/mol.